The maximum Gasteiger partial charge on any atom is 1.00 e. The van der Waals surface area contributed by atoms with Crippen LogP contribution in [0.15, 0.2) is 12.2 Å². The van der Waals surface area contributed by atoms with Crippen molar-refractivity contribution in [2.75, 3.05) is 19.6 Å². The van der Waals surface area contributed by atoms with Crippen LogP contribution in [-0.2, 0) is 9.59 Å². The minimum atomic E-state index is -1.51. The molecule has 0 aromatic carbocycles. The normalized spacial score (nSPS) is 9.25. The molecule has 0 aliphatic heterocycles. The standard InChI is InChI=1S/C6H15N.C4H4O4.K/c1-4-7(5-2)6-3;5-3(6)1-2-4(7)8;/h4-6H2,1-3H3;1-2H,(H,5,6)(H,7,8);/q;;+1/p-1. The van der Waals surface area contributed by atoms with Crippen LogP contribution >= 0.6 is 0 Å². The zero-order valence-corrected chi connectivity index (χ0v) is 13.5. The number of hydrogen-bond acceptors (Lipinski definition) is 4. The Bertz CT molecular complexity index is 193. The molecule has 0 fully saturated rings. The minimum Gasteiger partial charge on any atom is -0.545 e. The van der Waals surface area contributed by atoms with Crippen molar-refractivity contribution in [2.45, 2.75) is 20.8 Å². The van der Waals surface area contributed by atoms with E-state index in [1.807, 2.05) is 0 Å². The number of carboxylic acid groups (broad SMARTS) is 2. The van der Waals surface area contributed by atoms with E-state index in [0.29, 0.717) is 12.2 Å². The zero-order chi connectivity index (χ0) is 12.3. The van der Waals surface area contributed by atoms with Crippen molar-refractivity contribution in [1.82, 2.24) is 4.90 Å². The van der Waals surface area contributed by atoms with Gasteiger partial charge < -0.3 is 19.9 Å². The van der Waals surface area contributed by atoms with Gasteiger partial charge in [0.15, 0.2) is 0 Å². The van der Waals surface area contributed by atoms with Gasteiger partial charge in [-0.15, -0.1) is 0 Å². The Kier molecular flexibility index (Phi) is 20.6. The molecule has 5 nitrogen and oxygen atoms in total. The molecular weight excluding hydrogens is 237 g/mol. The summed E-state index contributed by atoms with van der Waals surface area (Å²) in [5.41, 5.74) is 0. The van der Waals surface area contributed by atoms with Crippen LogP contribution in [0.5, 0.6) is 0 Å². The van der Waals surface area contributed by atoms with E-state index in [1.54, 1.807) is 0 Å². The second-order valence-electron chi connectivity index (χ2n) is 2.61. The van der Waals surface area contributed by atoms with E-state index in [4.69, 9.17) is 5.11 Å². The van der Waals surface area contributed by atoms with Gasteiger partial charge in [-0.2, -0.15) is 0 Å². The fraction of sp³-hybridized carbons (Fsp3) is 0.600. The quantitative estimate of drug-likeness (QED) is 0.412. The molecule has 0 saturated heterocycles. The number of carboxylic acids is 2. The van der Waals surface area contributed by atoms with Crippen molar-refractivity contribution in [3.63, 3.8) is 0 Å². The molecule has 0 bridgehead atoms. The van der Waals surface area contributed by atoms with E-state index >= 15 is 0 Å². The van der Waals surface area contributed by atoms with Crippen molar-refractivity contribution in [3.05, 3.63) is 12.2 Å². The number of hydrogen-bond donors (Lipinski definition) is 1. The second-order valence-corrected chi connectivity index (χ2v) is 2.61. The summed E-state index contributed by atoms with van der Waals surface area (Å²) in [4.78, 5) is 21.3. The van der Waals surface area contributed by atoms with Crippen LogP contribution in [0.4, 0.5) is 0 Å². The average molecular weight is 255 g/mol. The summed E-state index contributed by atoms with van der Waals surface area (Å²) in [5.74, 6) is -2.80. The third-order valence-corrected chi connectivity index (χ3v) is 1.70. The number of aliphatic carboxylic acids is 2. The summed E-state index contributed by atoms with van der Waals surface area (Å²) >= 11 is 0. The van der Waals surface area contributed by atoms with Gasteiger partial charge in [0.05, 0.1) is 5.97 Å². The molecule has 0 amide bonds. The molecule has 0 saturated carbocycles. The van der Waals surface area contributed by atoms with Gasteiger partial charge in [0.2, 0.25) is 0 Å². The van der Waals surface area contributed by atoms with Crippen LogP contribution in [0.3, 0.4) is 0 Å². The summed E-state index contributed by atoms with van der Waals surface area (Å²) < 4.78 is 0. The first-order chi connectivity index (χ1) is 6.97. The summed E-state index contributed by atoms with van der Waals surface area (Å²) in [6.07, 6.45) is 0.942. The van der Waals surface area contributed by atoms with Gasteiger partial charge in [-0.1, -0.05) is 20.8 Å². The summed E-state index contributed by atoms with van der Waals surface area (Å²) in [5, 5.41) is 17.2. The monoisotopic (exact) mass is 255 g/mol. The maximum absolute atomic E-state index is 9.53. The molecule has 0 aromatic rings. The summed E-state index contributed by atoms with van der Waals surface area (Å²) in [6, 6.07) is 0. The molecule has 1 N–H and O–H groups in total. The van der Waals surface area contributed by atoms with Crippen LogP contribution < -0.4 is 56.5 Å². The molecule has 0 spiro atoms. The van der Waals surface area contributed by atoms with Crippen LogP contribution in [0.2, 0.25) is 0 Å². The second kappa shape index (κ2) is 15.3. The van der Waals surface area contributed by atoms with Crippen LogP contribution in [-0.4, -0.2) is 41.6 Å². The van der Waals surface area contributed by atoms with E-state index in [9.17, 15) is 14.7 Å². The third kappa shape index (κ3) is 19.8. The van der Waals surface area contributed by atoms with Crippen LogP contribution in [0, 0.1) is 0 Å². The SMILES string of the molecule is CCN(CC)CC.O=C([O-])C=CC(=O)O.[K+]. The molecule has 0 aliphatic carbocycles. The maximum atomic E-state index is 9.53. The van der Waals surface area contributed by atoms with E-state index in [-0.39, 0.29) is 51.4 Å². The first-order valence-corrected chi connectivity index (χ1v) is 4.82. The molecule has 6 heteroatoms. The van der Waals surface area contributed by atoms with E-state index < -0.39 is 11.9 Å². The Morgan fingerprint density at radius 1 is 1.12 bits per heavy atom. The number of carbonyl (C=O) groups is 2. The fourth-order valence-corrected chi connectivity index (χ4v) is 0.810. The molecule has 0 rings (SSSR count). The number of carbonyl (C=O) groups excluding carboxylic acids is 1. The van der Waals surface area contributed by atoms with Crippen molar-refractivity contribution >= 4 is 11.9 Å². The predicted octanol–water partition coefficient (Wildman–Crippen LogP) is -3.27. The van der Waals surface area contributed by atoms with Crippen LogP contribution in [0.1, 0.15) is 20.8 Å². The van der Waals surface area contributed by atoms with Crippen LogP contribution in [0.25, 0.3) is 0 Å². The van der Waals surface area contributed by atoms with Gasteiger partial charge >= 0.3 is 57.4 Å². The van der Waals surface area contributed by atoms with Gasteiger partial charge in [0, 0.05) is 6.08 Å². The zero-order valence-electron chi connectivity index (χ0n) is 10.4. The van der Waals surface area contributed by atoms with Crippen molar-refractivity contribution in [1.29, 1.82) is 0 Å². The largest absolute Gasteiger partial charge is 1.00 e. The number of rotatable bonds is 5. The van der Waals surface area contributed by atoms with Gasteiger partial charge in [0.1, 0.15) is 0 Å². The van der Waals surface area contributed by atoms with Gasteiger partial charge in [-0.25, -0.2) is 4.79 Å². The predicted molar refractivity (Wildman–Crippen MR) is 55.2 cm³/mol. The molecule has 0 unspecified atom stereocenters. The number of nitrogens with zero attached hydrogens (tertiary/aromatic N) is 1. The molecule has 0 aromatic heterocycles. The van der Waals surface area contributed by atoms with Crippen molar-refractivity contribution in [2.24, 2.45) is 0 Å². The topological polar surface area (TPSA) is 80.7 Å². The minimum absolute atomic E-state index is 0. The fourth-order valence-electron chi connectivity index (χ4n) is 0.810. The summed E-state index contributed by atoms with van der Waals surface area (Å²) in [6.45, 7) is 10.1. The van der Waals surface area contributed by atoms with E-state index in [1.165, 1.54) is 19.6 Å². The Balaban J connectivity index is -0.000000200. The van der Waals surface area contributed by atoms with Gasteiger partial charge in [0.25, 0.3) is 0 Å². The smallest absolute Gasteiger partial charge is 0.545 e. The Morgan fingerprint density at radius 3 is 1.56 bits per heavy atom. The van der Waals surface area contributed by atoms with Crippen molar-refractivity contribution < 1.29 is 71.2 Å². The molecular formula is C10H18KNO4. The first kappa shape index (κ1) is 21.5. The molecule has 0 radical (unpaired) electrons. The molecule has 88 valence electrons. The summed E-state index contributed by atoms with van der Waals surface area (Å²) in [7, 11) is 0. The Morgan fingerprint density at radius 2 is 1.50 bits per heavy atom. The first-order valence-electron chi connectivity index (χ1n) is 4.82. The van der Waals surface area contributed by atoms with E-state index in [2.05, 4.69) is 25.7 Å². The van der Waals surface area contributed by atoms with Gasteiger partial charge in [-0.05, 0) is 25.7 Å². The van der Waals surface area contributed by atoms with Crippen molar-refractivity contribution in [3.8, 4) is 0 Å². The Hall–Kier alpha value is 0.276. The molecule has 0 heterocycles. The van der Waals surface area contributed by atoms with E-state index in [0.717, 1.165) is 0 Å². The third-order valence-electron chi connectivity index (χ3n) is 1.70. The average Bonchev–Trinajstić information content (AvgIpc) is 2.18. The molecule has 16 heavy (non-hydrogen) atoms. The Labute approximate surface area is 139 Å². The molecule has 0 atom stereocenters. The molecule has 0 aliphatic rings. The van der Waals surface area contributed by atoms with Gasteiger partial charge in [-0.3, -0.25) is 0 Å².